The summed E-state index contributed by atoms with van der Waals surface area (Å²) in [6.45, 7) is 4.22. The first-order chi connectivity index (χ1) is 27.5. The zero-order chi connectivity index (χ0) is 40.5. The molecule has 1 aliphatic rings. The molecule has 0 aliphatic heterocycles. The number of nitrogens with zero attached hydrogens (tertiary/aromatic N) is 2. The van der Waals surface area contributed by atoms with E-state index in [1.54, 1.807) is 35.2 Å². The lowest BCUT2D eigenvalue weighted by Crippen LogP contribution is -2.39. The van der Waals surface area contributed by atoms with E-state index in [-0.39, 0.29) is 47.1 Å². The number of amides is 3. The quantitative estimate of drug-likeness (QED) is 0.0770. The first kappa shape index (κ1) is 40.5. The molecule has 3 amide bonds. The second kappa shape index (κ2) is 18.7. The average Bonchev–Trinajstić information content (AvgIpc) is 3.59. The Balaban J connectivity index is 1.13. The number of nitrogens with one attached hydrogen (secondary N) is 2. The van der Waals surface area contributed by atoms with Crippen LogP contribution in [0.4, 0.5) is 10.7 Å². The average molecular weight is 787 g/mol. The van der Waals surface area contributed by atoms with Crippen molar-refractivity contribution in [2.75, 3.05) is 10.6 Å². The number of anilines is 2. The van der Waals surface area contributed by atoms with Crippen molar-refractivity contribution >= 4 is 51.7 Å². The number of carbonyl (C=O) groups excluding carboxylic acids is 3. The Morgan fingerprint density at radius 1 is 0.737 bits per heavy atom. The summed E-state index contributed by atoms with van der Waals surface area (Å²) >= 11 is 1.45. The van der Waals surface area contributed by atoms with Crippen LogP contribution in [0.3, 0.4) is 0 Å². The van der Waals surface area contributed by atoms with Gasteiger partial charge in [0, 0.05) is 34.9 Å². The largest absolute Gasteiger partial charge is 0.478 e. The fourth-order valence-corrected chi connectivity index (χ4v) is 8.51. The van der Waals surface area contributed by atoms with Crippen LogP contribution in [0.15, 0.2) is 91.1 Å². The number of pyridine rings is 1. The fraction of sp³-hybridized carbons (Fsp3) is 0.289. The number of rotatable bonds is 16. The second-order valence-electron chi connectivity index (χ2n) is 14.2. The molecule has 3 aromatic carbocycles. The lowest BCUT2D eigenvalue weighted by atomic mass is 9.95. The summed E-state index contributed by atoms with van der Waals surface area (Å²) in [7, 11) is 0. The van der Waals surface area contributed by atoms with Gasteiger partial charge in [0.1, 0.15) is 10.7 Å². The Hall–Kier alpha value is -6.14. The van der Waals surface area contributed by atoms with Crippen LogP contribution in [0.1, 0.15) is 125 Å². The first-order valence-electron chi connectivity index (χ1n) is 19.3. The van der Waals surface area contributed by atoms with Crippen molar-refractivity contribution in [1.82, 2.24) is 9.88 Å². The summed E-state index contributed by atoms with van der Waals surface area (Å²) in [6, 6.07) is 24.5. The van der Waals surface area contributed by atoms with Crippen molar-refractivity contribution in [3.8, 4) is 0 Å². The summed E-state index contributed by atoms with van der Waals surface area (Å²) in [5.41, 5.74) is 5.86. The van der Waals surface area contributed by atoms with Gasteiger partial charge in [-0.1, -0.05) is 50.2 Å². The number of carboxylic acid groups (broad SMARTS) is 2. The molecule has 0 saturated carbocycles. The second-order valence-corrected chi connectivity index (χ2v) is 15.3. The Morgan fingerprint density at radius 3 is 2.02 bits per heavy atom. The molecule has 6 rings (SSSR count). The number of thiophene rings is 1. The molecule has 0 radical (unpaired) electrons. The molecule has 0 saturated heterocycles. The molecule has 0 unspecified atom stereocenters. The first-order valence-corrected chi connectivity index (χ1v) is 20.1. The van der Waals surface area contributed by atoms with Crippen LogP contribution < -0.4 is 10.6 Å². The van der Waals surface area contributed by atoms with Gasteiger partial charge in [0.2, 0.25) is 0 Å². The van der Waals surface area contributed by atoms with E-state index in [0.29, 0.717) is 34.7 Å². The van der Waals surface area contributed by atoms with Crippen molar-refractivity contribution in [3.05, 3.63) is 146 Å². The van der Waals surface area contributed by atoms with E-state index in [2.05, 4.69) is 15.6 Å². The number of aromatic carboxylic acids is 2. The Labute approximate surface area is 335 Å². The van der Waals surface area contributed by atoms with Gasteiger partial charge in [-0.2, -0.15) is 0 Å². The predicted octanol–water partition coefficient (Wildman–Crippen LogP) is 8.93. The van der Waals surface area contributed by atoms with Gasteiger partial charge in [0.05, 0.1) is 16.7 Å². The summed E-state index contributed by atoms with van der Waals surface area (Å²) in [5, 5.41) is 25.0. The molecule has 0 bridgehead atoms. The van der Waals surface area contributed by atoms with E-state index in [1.807, 2.05) is 56.3 Å². The van der Waals surface area contributed by atoms with Gasteiger partial charge < -0.3 is 25.7 Å². The number of fused-ring (bicyclic) bond motifs is 1. The maximum Gasteiger partial charge on any atom is 0.337 e. The SMILES string of the molecule is CCC(CC)N(Cc1cccc(C(=O)Nc2sc3c(c2C(=O)Nc2ccc(CCCc4ccc(C(=O)O)cc4)cc2)CCCC3)c1)C(=O)c1ccc(C(=O)O)cn1. The number of hydrogen-bond acceptors (Lipinski definition) is 7. The predicted molar refractivity (Wildman–Crippen MR) is 221 cm³/mol. The highest BCUT2D eigenvalue weighted by molar-refractivity contribution is 7.17. The highest BCUT2D eigenvalue weighted by Gasteiger charge is 2.28. The molecule has 2 heterocycles. The van der Waals surface area contributed by atoms with Crippen LogP contribution in [-0.2, 0) is 32.2 Å². The molecule has 4 N–H and O–H groups in total. The van der Waals surface area contributed by atoms with Crippen molar-refractivity contribution in [2.45, 2.75) is 84.2 Å². The highest BCUT2D eigenvalue weighted by Crippen LogP contribution is 2.39. The summed E-state index contributed by atoms with van der Waals surface area (Å²) in [5.74, 6) is -3.03. The highest BCUT2D eigenvalue weighted by atomic mass is 32.1. The molecular formula is C45H46N4O7S. The lowest BCUT2D eigenvalue weighted by molar-refractivity contribution is 0.0639. The Kier molecular flexibility index (Phi) is 13.3. The van der Waals surface area contributed by atoms with Crippen molar-refractivity contribution in [2.24, 2.45) is 0 Å². The Morgan fingerprint density at radius 2 is 1.39 bits per heavy atom. The van der Waals surface area contributed by atoms with Crippen LogP contribution >= 0.6 is 11.3 Å². The third-order valence-corrected chi connectivity index (χ3v) is 11.6. The maximum atomic E-state index is 13.9. The minimum absolute atomic E-state index is 0.00552. The molecule has 294 valence electrons. The van der Waals surface area contributed by atoms with Crippen LogP contribution in [0.25, 0.3) is 0 Å². The fourth-order valence-electron chi connectivity index (χ4n) is 7.23. The molecule has 12 heteroatoms. The molecule has 1 aliphatic carbocycles. The van der Waals surface area contributed by atoms with Crippen LogP contribution in [0, 0.1) is 0 Å². The normalized spacial score (nSPS) is 12.1. The summed E-state index contributed by atoms with van der Waals surface area (Å²) in [4.78, 5) is 70.9. The molecule has 0 spiro atoms. The molecule has 57 heavy (non-hydrogen) atoms. The number of aryl methyl sites for hydroxylation is 3. The number of benzene rings is 3. The zero-order valence-electron chi connectivity index (χ0n) is 32.0. The molecule has 5 aromatic rings. The smallest absolute Gasteiger partial charge is 0.337 e. The third-order valence-electron chi connectivity index (χ3n) is 10.4. The lowest BCUT2D eigenvalue weighted by Gasteiger charge is -2.30. The molecule has 0 atom stereocenters. The minimum atomic E-state index is -1.12. The number of carbonyl (C=O) groups is 5. The van der Waals surface area contributed by atoms with Crippen LogP contribution in [-0.4, -0.2) is 55.8 Å². The summed E-state index contributed by atoms with van der Waals surface area (Å²) < 4.78 is 0. The van der Waals surface area contributed by atoms with Gasteiger partial charge in [-0.25, -0.2) is 9.59 Å². The number of aromatic nitrogens is 1. The van der Waals surface area contributed by atoms with Gasteiger partial charge in [-0.05, 0) is 129 Å². The summed E-state index contributed by atoms with van der Waals surface area (Å²) in [6.07, 6.45) is 8.69. The van der Waals surface area contributed by atoms with Gasteiger partial charge in [0.15, 0.2) is 0 Å². The molecular weight excluding hydrogens is 741 g/mol. The number of carboxylic acids is 2. The number of hydrogen-bond donors (Lipinski definition) is 4. The van der Waals surface area contributed by atoms with Crippen LogP contribution in [0.5, 0.6) is 0 Å². The Bertz CT molecular complexity index is 2250. The molecule has 2 aromatic heterocycles. The van der Waals surface area contributed by atoms with E-state index in [9.17, 15) is 29.1 Å². The van der Waals surface area contributed by atoms with E-state index in [1.165, 1.54) is 29.7 Å². The monoisotopic (exact) mass is 786 g/mol. The van der Waals surface area contributed by atoms with Crippen molar-refractivity contribution in [3.63, 3.8) is 0 Å². The minimum Gasteiger partial charge on any atom is -0.478 e. The third kappa shape index (κ3) is 10.0. The van der Waals surface area contributed by atoms with E-state index in [0.717, 1.165) is 72.1 Å². The molecule has 11 nitrogen and oxygen atoms in total. The van der Waals surface area contributed by atoms with Gasteiger partial charge in [-0.3, -0.25) is 19.4 Å². The topological polar surface area (TPSA) is 166 Å². The van der Waals surface area contributed by atoms with Gasteiger partial charge in [0.25, 0.3) is 17.7 Å². The van der Waals surface area contributed by atoms with Gasteiger partial charge >= 0.3 is 11.9 Å². The van der Waals surface area contributed by atoms with Crippen molar-refractivity contribution in [1.29, 1.82) is 0 Å². The van der Waals surface area contributed by atoms with E-state index < -0.39 is 11.9 Å². The maximum absolute atomic E-state index is 13.9. The molecule has 0 fully saturated rings. The van der Waals surface area contributed by atoms with Crippen molar-refractivity contribution < 1.29 is 34.2 Å². The van der Waals surface area contributed by atoms with E-state index >= 15 is 0 Å². The van der Waals surface area contributed by atoms with E-state index in [4.69, 9.17) is 5.11 Å². The standard InChI is InChI=1S/C45H46N4O7S/c1-3-35(4-2)49(43(52)37-24-21-33(26-46-37)45(55)56)27-30-11-8-12-32(25-30)40(50)48-42-39(36-13-5-6-14-38(36)57-42)41(51)47-34-22-17-29(18-23-34)10-7-9-28-15-19-31(20-16-28)44(53)54/h8,11-12,15-26,35H,3-7,9-10,13-14,27H2,1-2H3,(H,47,51)(H,48,50)(H,53,54)(H,55,56). The van der Waals surface area contributed by atoms with Crippen LogP contribution in [0.2, 0.25) is 0 Å². The zero-order valence-corrected chi connectivity index (χ0v) is 32.9. The van der Waals surface area contributed by atoms with Gasteiger partial charge in [-0.15, -0.1) is 11.3 Å².